The fourth-order valence-corrected chi connectivity index (χ4v) is 8.84. The van der Waals surface area contributed by atoms with Gasteiger partial charge in [0.05, 0.1) is 27.7 Å². The third kappa shape index (κ3) is 58.3. The number of ether oxygens (including phenoxy) is 2. The Kier molecular flexibility index (Phi) is 51.9. The lowest BCUT2D eigenvalue weighted by Gasteiger charge is -2.28. The van der Waals surface area contributed by atoms with Gasteiger partial charge >= 0.3 is 11.9 Å². The van der Waals surface area contributed by atoms with Crippen LogP contribution in [0.1, 0.15) is 251 Å². The molecule has 422 valence electrons. The Hall–Kier alpha value is -2.81. The predicted octanol–water partition coefficient (Wildman–Crippen LogP) is 18.0. The van der Waals surface area contributed by atoms with Crippen molar-refractivity contribution in [3.63, 3.8) is 0 Å². The van der Waals surface area contributed by atoms with Gasteiger partial charge in [0.2, 0.25) is 0 Å². The van der Waals surface area contributed by atoms with E-state index in [1.54, 1.807) is 0 Å². The summed E-state index contributed by atoms with van der Waals surface area (Å²) in [6.07, 6.45) is 72.5. The molecule has 9 nitrogen and oxygen atoms in total. The van der Waals surface area contributed by atoms with Crippen molar-refractivity contribution in [2.45, 2.75) is 258 Å². The van der Waals surface area contributed by atoms with Crippen molar-refractivity contribution in [2.75, 3.05) is 47.5 Å². The summed E-state index contributed by atoms with van der Waals surface area (Å²) in [7, 11) is 1.17. The Morgan fingerprint density at radius 1 is 0.438 bits per heavy atom. The molecule has 0 N–H and O–H groups in total. The molecule has 0 saturated carbocycles. The number of phosphoric acid groups is 1. The number of rotatable bonds is 54. The number of allylic oxidation sites excluding steroid dienone is 14. The predicted molar refractivity (Wildman–Crippen MR) is 309 cm³/mol. The lowest BCUT2D eigenvalue weighted by molar-refractivity contribution is -0.870. The van der Waals surface area contributed by atoms with Gasteiger partial charge in [-0.1, -0.05) is 253 Å². The Labute approximate surface area is 450 Å². The van der Waals surface area contributed by atoms with E-state index < -0.39 is 26.5 Å². The number of esters is 2. The second kappa shape index (κ2) is 54.0. The van der Waals surface area contributed by atoms with Crippen LogP contribution in [-0.2, 0) is 32.7 Å². The minimum absolute atomic E-state index is 0.0305. The Morgan fingerprint density at radius 3 is 1.16 bits per heavy atom. The van der Waals surface area contributed by atoms with E-state index in [4.69, 9.17) is 18.5 Å². The van der Waals surface area contributed by atoms with Crippen LogP contribution in [0.2, 0.25) is 0 Å². The largest absolute Gasteiger partial charge is 0.756 e. The Morgan fingerprint density at radius 2 is 0.781 bits per heavy atom. The van der Waals surface area contributed by atoms with Gasteiger partial charge in [0.1, 0.15) is 19.8 Å². The molecule has 0 rings (SSSR count). The van der Waals surface area contributed by atoms with Crippen molar-refractivity contribution in [2.24, 2.45) is 0 Å². The second-order valence-corrected chi connectivity index (χ2v) is 22.4. The summed E-state index contributed by atoms with van der Waals surface area (Å²) in [5.74, 6) is -0.832. The van der Waals surface area contributed by atoms with Crippen LogP contribution in [0.5, 0.6) is 0 Å². The summed E-state index contributed by atoms with van der Waals surface area (Å²) in [5, 5.41) is 0. The van der Waals surface area contributed by atoms with Crippen LogP contribution in [0.4, 0.5) is 0 Å². The standard InChI is InChI=1S/C63H112NO8P/c1-6-8-10-12-14-16-17-18-19-20-21-22-23-24-25-26-27-28-29-30-31-32-33-34-35-36-37-38-39-40-41-42-43-44-45-46-47-48-50-52-54-56-63(66)72-61(60-71-73(67,68)70-58-57-64(3,4)5)59-69-62(65)55-53-51-49-15-13-11-9-7-2/h8,10,14,16,18-19,21-22,24-25,27-28,30-31,61H,6-7,9,11-13,15,17,20,23,26,29,32-60H2,1-5H3/b10-8-,16-14-,19-18-,22-21-,25-24-,28-27-,31-30-. The molecule has 0 spiro atoms. The van der Waals surface area contributed by atoms with Gasteiger partial charge in [-0.25, -0.2) is 0 Å². The van der Waals surface area contributed by atoms with Gasteiger partial charge in [-0.05, 0) is 70.6 Å². The van der Waals surface area contributed by atoms with E-state index in [-0.39, 0.29) is 32.0 Å². The maximum Gasteiger partial charge on any atom is 0.306 e. The first kappa shape index (κ1) is 70.2. The molecule has 0 fully saturated rings. The van der Waals surface area contributed by atoms with Gasteiger partial charge in [0.25, 0.3) is 7.82 Å². The fraction of sp³-hybridized carbons (Fsp3) is 0.746. The van der Waals surface area contributed by atoms with Crippen molar-refractivity contribution < 1.29 is 42.1 Å². The summed E-state index contributed by atoms with van der Waals surface area (Å²) in [5.41, 5.74) is 0. The van der Waals surface area contributed by atoms with E-state index >= 15 is 0 Å². The molecule has 0 aliphatic rings. The van der Waals surface area contributed by atoms with Gasteiger partial charge in [0.15, 0.2) is 6.10 Å². The van der Waals surface area contributed by atoms with Crippen LogP contribution >= 0.6 is 7.82 Å². The highest BCUT2D eigenvalue weighted by Gasteiger charge is 2.22. The van der Waals surface area contributed by atoms with Gasteiger partial charge in [-0.15, -0.1) is 0 Å². The van der Waals surface area contributed by atoms with Crippen molar-refractivity contribution in [1.82, 2.24) is 0 Å². The van der Waals surface area contributed by atoms with E-state index in [2.05, 4.69) is 98.9 Å². The van der Waals surface area contributed by atoms with Crippen molar-refractivity contribution in [1.29, 1.82) is 0 Å². The molecule has 0 saturated heterocycles. The summed E-state index contributed by atoms with van der Waals surface area (Å²) in [6.45, 7) is 4.09. The molecule has 0 aromatic rings. The molecule has 0 aromatic carbocycles. The van der Waals surface area contributed by atoms with Crippen LogP contribution in [0.3, 0.4) is 0 Å². The van der Waals surface area contributed by atoms with Crippen LogP contribution < -0.4 is 4.89 Å². The van der Waals surface area contributed by atoms with Gasteiger partial charge in [-0.3, -0.25) is 14.2 Å². The third-order valence-electron chi connectivity index (χ3n) is 12.7. The molecule has 0 amide bonds. The van der Waals surface area contributed by atoms with E-state index in [9.17, 15) is 19.0 Å². The highest BCUT2D eigenvalue weighted by molar-refractivity contribution is 7.45. The van der Waals surface area contributed by atoms with Crippen LogP contribution in [0.25, 0.3) is 0 Å². The number of carbonyl (C=O) groups excluding carboxylic acids is 2. The molecule has 2 unspecified atom stereocenters. The average molecular weight is 1040 g/mol. The molecule has 73 heavy (non-hydrogen) atoms. The Balaban J connectivity index is 3.85. The lowest BCUT2D eigenvalue weighted by atomic mass is 10.0. The molecule has 2 atom stereocenters. The smallest absolute Gasteiger partial charge is 0.306 e. The zero-order valence-electron chi connectivity index (χ0n) is 47.8. The summed E-state index contributed by atoms with van der Waals surface area (Å²) >= 11 is 0. The average Bonchev–Trinajstić information content (AvgIpc) is 3.35. The minimum Gasteiger partial charge on any atom is -0.756 e. The normalized spacial score (nSPS) is 13.9. The number of carbonyl (C=O) groups is 2. The molecule has 0 aliphatic carbocycles. The molecule has 0 aliphatic heterocycles. The number of hydrogen-bond acceptors (Lipinski definition) is 8. The first-order valence-corrected chi connectivity index (χ1v) is 31.3. The van der Waals surface area contributed by atoms with Gasteiger partial charge in [0, 0.05) is 12.8 Å². The first-order chi connectivity index (χ1) is 35.5. The number of unbranched alkanes of at least 4 members (excludes halogenated alkanes) is 26. The first-order valence-electron chi connectivity index (χ1n) is 29.8. The van der Waals surface area contributed by atoms with Gasteiger partial charge < -0.3 is 27.9 Å². The molecule has 0 radical (unpaired) electrons. The van der Waals surface area contributed by atoms with E-state index in [1.807, 2.05) is 21.1 Å². The molecular weight excluding hydrogens is 930 g/mol. The number of nitrogens with zero attached hydrogens (tertiary/aromatic N) is 1. The van der Waals surface area contributed by atoms with Crippen LogP contribution in [-0.4, -0.2) is 70.0 Å². The molecule has 0 aromatic heterocycles. The van der Waals surface area contributed by atoms with Gasteiger partial charge in [-0.2, -0.15) is 0 Å². The minimum atomic E-state index is -4.62. The maximum atomic E-state index is 12.7. The van der Waals surface area contributed by atoms with Crippen LogP contribution in [0, 0.1) is 0 Å². The SMILES string of the molecule is CC/C=C\C/C=C\C/C=C\C/C=C\C/C=C\C/C=C\C/C=C\CCCCCCCCCCCCCCCCCCCCCC(=O)OC(COC(=O)CCCCCCCCCC)COP(=O)([O-])OCC[N+](C)(C)C. The van der Waals surface area contributed by atoms with E-state index in [1.165, 1.54) is 135 Å². The topological polar surface area (TPSA) is 111 Å². The molecular formula is C63H112NO8P. The summed E-state index contributed by atoms with van der Waals surface area (Å²) in [4.78, 5) is 37.6. The fourth-order valence-electron chi connectivity index (χ4n) is 8.11. The summed E-state index contributed by atoms with van der Waals surface area (Å²) < 4.78 is 34.0. The molecule has 10 heteroatoms. The van der Waals surface area contributed by atoms with E-state index in [0.717, 1.165) is 83.5 Å². The maximum absolute atomic E-state index is 12.7. The highest BCUT2D eigenvalue weighted by Crippen LogP contribution is 2.38. The lowest BCUT2D eigenvalue weighted by Crippen LogP contribution is -2.37. The number of hydrogen-bond donors (Lipinski definition) is 0. The number of likely N-dealkylation sites (N-methyl/N-ethyl adjacent to an activating group) is 1. The zero-order chi connectivity index (χ0) is 53.5. The Bertz CT molecular complexity index is 1510. The second-order valence-electron chi connectivity index (χ2n) is 21.0. The third-order valence-corrected chi connectivity index (χ3v) is 13.6. The molecule has 0 bridgehead atoms. The monoisotopic (exact) mass is 1040 g/mol. The van der Waals surface area contributed by atoms with Crippen molar-refractivity contribution in [3.8, 4) is 0 Å². The summed E-state index contributed by atoms with van der Waals surface area (Å²) in [6, 6.07) is 0. The quantitative estimate of drug-likeness (QED) is 0.0195. The number of quaternary nitrogens is 1. The van der Waals surface area contributed by atoms with Crippen molar-refractivity contribution in [3.05, 3.63) is 85.1 Å². The number of phosphoric ester groups is 1. The zero-order valence-corrected chi connectivity index (χ0v) is 48.7. The van der Waals surface area contributed by atoms with E-state index in [0.29, 0.717) is 17.4 Å². The van der Waals surface area contributed by atoms with Crippen LogP contribution in [0.15, 0.2) is 85.1 Å². The molecule has 0 heterocycles. The highest BCUT2D eigenvalue weighted by atomic mass is 31.2. The van der Waals surface area contributed by atoms with Crippen molar-refractivity contribution >= 4 is 19.8 Å².